The summed E-state index contributed by atoms with van der Waals surface area (Å²) in [6.45, 7) is 2.02. The maximum absolute atomic E-state index is 9.98. The lowest BCUT2D eigenvalue weighted by Gasteiger charge is -2.25. The van der Waals surface area contributed by atoms with Gasteiger partial charge in [0.2, 0.25) is 0 Å². The lowest BCUT2D eigenvalue weighted by molar-refractivity contribution is -0.895. The van der Waals surface area contributed by atoms with Crippen molar-refractivity contribution in [3.8, 4) is 16.5 Å². The molecule has 0 amide bonds. The third-order valence-corrected chi connectivity index (χ3v) is 6.74. The molecule has 1 aromatic carbocycles. The first-order valence-electron chi connectivity index (χ1n) is 9.41. The van der Waals surface area contributed by atoms with E-state index >= 15 is 0 Å². The molecule has 0 saturated heterocycles. The van der Waals surface area contributed by atoms with Crippen LogP contribution in [0.25, 0.3) is 16.5 Å². The molecule has 3 nitrogen and oxygen atoms in total. The van der Waals surface area contributed by atoms with Crippen molar-refractivity contribution in [3.05, 3.63) is 76.3 Å². The van der Waals surface area contributed by atoms with Crippen molar-refractivity contribution in [2.45, 2.75) is 18.0 Å². The van der Waals surface area contributed by atoms with Crippen LogP contribution in [0.2, 0.25) is 0 Å². The number of quaternary nitrogens is 1. The summed E-state index contributed by atoms with van der Waals surface area (Å²) in [5.41, 5.74) is 5.45. The lowest BCUT2D eigenvalue weighted by atomic mass is 9.96. The third kappa shape index (κ3) is 4.05. The number of rotatable bonds is 5. The van der Waals surface area contributed by atoms with Crippen LogP contribution in [0.3, 0.4) is 0 Å². The molecule has 0 fully saturated rings. The summed E-state index contributed by atoms with van der Waals surface area (Å²) in [6, 6.07) is 16.9. The van der Waals surface area contributed by atoms with E-state index in [9.17, 15) is 5.26 Å². The second-order valence-corrected chi connectivity index (χ2v) is 8.90. The van der Waals surface area contributed by atoms with Gasteiger partial charge in [-0.05, 0) is 17.0 Å². The van der Waals surface area contributed by atoms with Crippen molar-refractivity contribution in [1.82, 2.24) is 4.98 Å². The fourth-order valence-corrected chi connectivity index (χ4v) is 5.16. The number of fused-ring (bicyclic) bond motifs is 1. The number of nitriles is 1. The fourth-order valence-electron chi connectivity index (χ4n) is 3.54. The van der Waals surface area contributed by atoms with Crippen LogP contribution in [0.1, 0.15) is 22.4 Å². The molecule has 3 heterocycles. The van der Waals surface area contributed by atoms with Gasteiger partial charge in [0, 0.05) is 28.2 Å². The zero-order chi connectivity index (χ0) is 19.3. The Hall–Kier alpha value is -2.39. The quantitative estimate of drug-likeness (QED) is 0.652. The number of hydrogen-bond donors (Lipinski definition) is 1. The number of thiophene rings is 1. The molecule has 0 bridgehead atoms. The molecule has 1 aliphatic rings. The summed E-state index contributed by atoms with van der Waals surface area (Å²) < 4.78 is 0. The van der Waals surface area contributed by atoms with Gasteiger partial charge >= 0.3 is 0 Å². The van der Waals surface area contributed by atoms with Crippen LogP contribution >= 0.6 is 23.1 Å². The predicted molar refractivity (Wildman–Crippen MR) is 118 cm³/mol. The van der Waals surface area contributed by atoms with Crippen LogP contribution in [0, 0.1) is 11.3 Å². The molecule has 4 rings (SSSR count). The number of aromatic nitrogens is 1. The maximum Gasteiger partial charge on any atom is 0.115 e. The van der Waals surface area contributed by atoms with Crippen molar-refractivity contribution < 1.29 is 4.90 Å². The van der Waals surface area contributed by atoms with E-state index in [1.54, 1.807) is 23.1 Å². The van der Waals surface area contributed by atoms with Crippen LogP contribution in [0.15, 0.2) is 58.9 Å². The average molecular weight is 405 g/mol. The Kier molecular flexibility index (Phi) is 5.92. The number of benzene rings is 1. The van der Waals surface area contributed by atoms with Crippen molar-refractivity contribution in [2.75, 3.05) is 19.3 Å². The molecule has 1 N–H and O–H groups in total. The Bertz CT molecular complexity index is 1020. The van der Waals surface area contributed by atoms with Gasteiger partial charge in [-0.1, -0.05) is 48.6 Å². The molecule has 1 atom stereocenters. The minimum atomic E-state index is 0.731. The number of thioether (sulfide) groups is 1. The number of nitrogens with one attached hydrogen (secondary N) is 1. The minimum Gasteiger partial charge on any atom is -0.333 e. The maximum atomic E-state index is 9.98. The van der Waals surface area contributed by atoms with Gasteiger partial charge in [-0.3, -0.25) is 0 Å². The smallest absolute Gasteiger partial charge is 0.115 e. The third-order valence-electron chi connectivity index (χ3n) is 4.92. The molecule has 0 aliphatic carbocycles. The van der Waals surface area contributed by atoms with Crippen molar-refractivity contribution in [2.24, 2.45) is 0 Å². The highest BCUT2D eigenvalue weighted by Crippen LogP contribution is 2.37. The molecule has 0 radical (unpaired) electrons. The van der Waals surface area contributed by atoms with Gasteiger partial charge in [-0.25, -0.2) is 4.98 Å². The van der Waals surface area contributed by atoms with Gasteiger partial charge in [0.05, 0.1) is 24.8 Å². The van der Waals surface area contributed by atoms with Crippen LogP contribution < -0.4 is 4.90 Å². The van der Waals surface area contributed by atoms with Crippen LogP contribution in [-0.4, -0.2) is 24.3 Å². The van der Waals surface area contributed by atoms with E-state index in [1.807, 2.05) is 18.2 Å². The monoisotopic (exact) mass is 404 g/mol. The van der Waals surface area contributed by atoms with Gasteiger partial charge in [0.15, 0.2) is 0 Å². The van der Waals surface area contributed by atoms with E-state index in [2.05, 4.69) is 54.9 Å². The standard InChI is InChI=1S/C23H21N3S2/c1-26-12-11-20-19(16-26)22(21-10-6-13-27-21)18(15-24)23(25-20)28-14-5-9-17-7-3-2-4-8-17/h2-10,13H,11-12,14,16H2,1H3/p+1/b9-5+. The molecular formula is C23H22N3S2+. The topological polar surface area (TPSA) is 41.1 Å². The Morgan fingerprint density at radius 1 is 1.25 bits per heavy atom. The molecule has 28 heavy (non-hydrogen) atoms. The van der Waals surface area contributed by atoms with Gasteiger partial charge < -0.3 is 4.90 Å². The Morgan fingerprint density at radius 3 is 2.86 bits per heavy atom. The molecule has 5 heteroatoms. The fraction of sp³-hybridized carbons (Fsp3) is 0.217. The molecule has 3 aromatic rings. The van der Waals surface area contributed by atoms with E-state index in [1.165, 1.54) is 26.6 Å². The molecule has 2 aromatic heterocycles. The molecule has 1 aliphatic heterocycles. The summed E-state index contributed by atoms with van der Waals surface area (Å²) in [7, 11) is 2.21. The zero-order valence-electron chi connectivity index (χ0n) is 15.8. The highest BCUT2D eigenvalue weighted by atomic mass is 32.2. The summed E-state index contributed by atoms with van der Waals surface area (Å²) in [5, 5.41) is 12.9. The highest BCUT2D eigenvalue weighted by molar-refractivity contribution is 7.99. The van der Waals surface area contributed by atoms with Crippen molar-refractivity contribution >= 4 is 29.2 Å². The first kappa shape index (κ1) is 18.9. The summed E-state index contributed by atoms with van der Waals surface area (Å²) >= 11 is 3.36. The van der Waals surface area contributed by atoms with Crippen molar-refractivity contribution in [1.29, 1.82) is 5.26 Å². The Balaban J connectivity index is 1.67. The normalized spacial score (nSPS) is 16.1. The number of nitrogens with zero attached hydrogens (tertiary/aromatic N) is 2. The van der Waals surface area contributed by atoms with E-state index < -0.39 is 0 Å². The number of hydrogen-bond acceptors (Lipinski definition) is 4. The van der Waals surface area contributed by atoms with E-state index in [0.717, 1.165) is 41.4 Å². The van der Waals surface area contributed by atoms with Crippen LogP contribution in [-0.2, 0) is 13.0 Å². The molecular weight excluding hydrogens is 382 g/mol. The Morgan fingerprint density at radius 2 is 2.11 bits per heavy atom. The summed E-state index contributed by atoms with van der Waals surface area (Å²) in [4.78, 5) is 7.58. The van der Waals surface area contributed by atoms with Crippen molar-refractivity contribution in [3.63, 3.8) is 0 Å². The van der Waals surface area contributed by atoms with Gasteiger partial charge in [0.25, 0.3) is 0 Å². The minimum absolute atomic E-state index is 0.731. The highest BCUT2D eigenvalue weighted by Gasteiger charge is 2.27. The lowest BCUT2D eigenvalue weighted by Crippen LogP contribution is -3.08. The number of likely N-dealkylation sites (N-methyl/N-ethyl adjacent to an activating group) is 1. The predicted octanol–water partition coefficient (Wildman–Crippen LogP) is 4.06. The summed E-state index contributed by atoms with van der Waals surface area (Å²) in [6.07, 6.45) is 5.24. The SMILES string of the molecule is C[NH+]1CCc2nc(SC/C=C/c3ccccc3)c(C#N)c(-c3cccs3)c2C1. The zero-order valence-corrected chi connectivity index (χ0v) is 17.4. The van der Waals surface area contributed by atoms with E-state index in [4.69, 9.17) is 4.98 Å². The van der Waals surface area contributed by atoms with E-state index in [0.29, 0.717) is 0 Å². The second-order valence-electron chi connectivity index (χ2n) is 6.94. The first-order valence-corrected chi connectivity index (χ1v) is 11.3. The van der Waals surface area contributed by atoms with Crippen LogP contribution in [0.4, 0.5) is 0 Å². The molecule has 0 saturated carbocycles. The first-order chi connectivity index (χ1) is 13.8. The van der Waals surface area contributed by atoms with E-state index in [-0.39, 0.29) is 0 Å². The second kappa shape index (κ2) is 8.74. The molecule has 140 valence electrons. The number of pyridine rings is 1. The van der Waals surface area contributed by atoms with Gasteiger partial charge in [0.1, 0.15) is 17.6 Å². The van der Waals surface area contributed by atoms with Gasteiger partial charge in [-0.2, -0.15) is 5.26 Å². The summed E-state index contributed by atoms with van der Waals surface area (Å²) in [5.74, 6) is 0.796. The Labute approximate surface area is 174 Å². The largest absolute Gasteiger partial charge is 0.333 e. The molecule has 0 spiro atoms. The van der Waals surface area contributed by atoms with Crippen LogP contribution in [0.5, 0.6) is 0 Å². The van der Waals surface area contributed by atoms with Gasteiger partial charge in [-0.15, -0.1) is 23.1 Å². The average Bonchev–Trinajstić information content (AvgIpc) is 3.25. The molecule has 1 unspecified atom stereocenters.